The van der Waals surface area contributed by atoms with Crippen LogP contribution in [0.15, 0.2) is 65.2 Å². The minimum Gasteiger partial charge on any atom is -0.456 e. The molecule has 120 valence electrons. The van der Waals surface area contributed by atoms with E-state index < -0.39 is 11.8 Å². The van der Waals surface area contributed by atoms with Gasteiger partial charge in [-0.2, -0.15) is 0 Å². The Labute approximate surface area is 145 Å². The van der Waals surface area contributed by atoms with Gasteiger partial charge in [0.25, 0.3) is 0 Å². The molecule has 0 aliphatic rings. The molecule has 0 unspecified atom stereocenters. The molecular formula is C22H21NO. The number of furan rings is 1. The summed E-state index contributed by atoms with van der Waals surface area (Å²) in [4.78, 5) is 4.48. The second-order valence-electron chi connectivity index (χ2n) is 7.11. The number of nitrogens with zero attached hydrogens (tertiary/aromatic N) is 1. The lowest BCUT2D eigenvalue weighted by atomic mass is 9.88. The van der Waals surface area contributed by atoms with Gasteiger partial charge in [-0.05, 0) is 53.7 Å². The highest BCUT2D eigenvalue weighted by Gasteiger charge is 2.13. The van der Waals surface area contributed by atoms with Gasteiger partial charge in [-0.1, -0.05) is 39.0 Å². The summed E-state index contributed by atoms with van der Waals surface area (Å²) in [5.41, 5.74) is 3.57. The molecule has 4 rings (SSSR count). The van der Waals surface area contributed by atoms with Crippen molar-refractivity contribution in [1.82, 2.24) is 4.98 Å². The second-order valence-corrected chi connectivity index (χ2v) is 7.11. The highest BCUT2D eigenvalue weighted by molar-refractivity contribution is 6.06. The first-order valence-corrected chi connectivity index (χ1v) is 8.15. The zero-order valence-electron chi connectivity index (χ0n) is 16.1. The summed E-state index contributed by atoms with van der Waals surface area (Å²) in [7, 11) is 0. The molecular weight excluding hydrogens is 294 g/mol. The van der Waals surface area contributed by atoms with Crippen molar-refractivity contribution in [3.63, 3.8) is 0 Å². The summed E-state index contributed by atoms with van der Waals surface area (Å²) in [5.74, 6) is 0. The first-order chi connectivity index (χ1) is 12.3. The maximum Gasteiger partial charge on any atom is 0.135 e. The van der Waals surface area contributed by atoms with Crippen LogP contribution in [0.2, 0.25) is 0 Å². The van der Waals surface area contributed by atoms with E-state index in [0.29, 0.717) is 5.56 Å². The lowest BCUT2D eigenvalue weighted by Gasteiger charge is -2.18. The van der Waals surface area contributed by atoms with Gasteiger partial charge >= 0.3 is 0 Å². The van der Waals surface area contributed by atoms with Crippen LogP contribution in [0.25, 0.3) is 33.2 Å². The van der Waals surface area contributed by atoms with E-state index in [2.05, 4.69) is 11.1 Å². The van der Waals surface area contributed by atoms with E-state index in [1.54, 1.807) is 12.3 Å². The zero-order valence-corrected chi connectivity index (χ0v) is 14.1. The summed E-state index contributed by atoms with van der Waals surface area (Å²) >= 11 is 0. The van der Waals surface area contributed by atoms with Gasteiger partial charge in [0, 0.05) is 25.3 Å². The Balaban J connectivity index is 1.85. The minimum absolute atomic E-state index is 0.504. The molecule has 0 spiro atoms. The van der Waals surface area contributed by atoms with Crippen LogP contribution in [0.3, 0.4) is 0 Å². The molecule has 0 saturated heterocycles. The van der Waals surface area contributed by atoms with E-state index in [4.69, 9.17) is 7.16 Å². The number of rotatable bonds is 2. The van der Waals surface area contributed by atoms with Gasteiger partial charge < -0.3 is 4.42 Å². The van der Waals surface area contributed by atoms with Gasteiger partial charge in [-0.25, -0.2) is 0 Å². The number of aromatic nitrogens is 1. The van der Waals surface area contributed by atoms with Gasteiger partial charge in [0.2, 0.25) is 0 Å². The SMILES string of the molecule is [2H]C([2H])(c1ccnc(-c2ccc3oc4ccccc4c3c2)c1)C(C)(C)C. The average molecular weight is 317 g/mol. The van der Waals surface area contributed by atoms with Crippen molar-refractivity contribution in [2.45, 2.75) is 27.1 Å². The Hall–Kier alpha value is -2.61. The molecule has 2 aromatic carbocycles. The lowest BCUT2D eigenvalue weighted by Crippen LogP contribution is -2.09. The van der Waals surface area contributed by atoms with Crippen molar-refractivity contribution < 1.29 is 7.16 Å². The number of fused-ring (bicyclic) bond motifs is 3. The third kappa shape index (κ3) is 2.80. The maximum absolute atomic E-state index is 8.52. The predicted molar refractivity (Wildman–Crippen MR) is 100 cm³/mol. The second kappa shape index (κ2) is 5.48. The smallest absolute Gasteiger partial charge is 0.135 e. The average Bonchev–Trinajstić information content (AvgIpc) is 2.98. The van der Waals surface area contributed by atoms with Crippen LogP contribution in [0.5, 0.6) is 0 Å². The van der Waals surface area contributed by atoms with Crippen LogP contribution < -0.4 is 0 Å². The third-order valence-electron chi connectivity index (χ3n) is 3.95. The summed E-state index contributed by atoms with van der Waals surface area (Å²) in [6.45, 7) is 5.74. The predicted octanol–water partition coefficient (Wildman–Crippen LogP) is 6.24. The molecule has 0 bridgehead atoms. The first kappa shape index (κ1) is 12.8. The van der Waals surface area contributed by atoms with Crippen molar-refractivity contribution in [3.8, 4) is 11.3 Å². The van der Waals surface area contributed by atoms with E-state index >= 15 is 0 Å². The molecule has 0 aliphatic heterocycles. The molecule has 0 aliphatic carbocycles. The molecule has 0 atom stereocenters. The fourth-order valence-electron chi connectivity index (χ4n) is 2.98. The highest BCUT2D eigenvalue weighted by atomic mass is 16.3. The van der Waals surface area contributed by atoms with Crippen LogP contribution in [0.1, 0.15) is 29.1 Å². The van der Waals surface area contributed by atoms with Crippen LogP contribution >= 0.6 is 0 Å². The van der Waals surface area contributed by atoms with Gasteiger partial charge in [0.05, 0.1) is 5.69 Å². The van der Waals surface area contributed by atoms with Crippen LogP contribution in [-0.2, 0) is 6.37 Å². The monoisotopic (exact) mass is 317 g/mol. The fourth-order valence-corrected chi connectivity index (χ4v) is 2.98. The summed E-state index contributed by atoms with van der Waals surface area (Å²) in [6.07, 6.45) is 0.239. The van der Waals surface area contributed by atoms with Gasteiger partial charge in [-0.3, -0.25) is 4.98 Å². The van der Waals surface area contributed by atoms with Crippen LogP contribution in [0, 0.1) is 5.41 Å². The highest BCUT2D eigenvalue weighted by Crippen LogP contribution is 2.32. The Kier molecular flexibility index (Phi) is 2.92. The van der Waals surface area contributed by atoms with Crippen LogP contribution in [-0.4, -0.2) is 4.98 Å². The quantitative estimate of drug-likeness (QED) is 0.437. The molecule has 0 amide bonds. The van der Waals surface area contributed by atoms with Crippen molar-refractivity contribution in [2.75, 3.05) is 0 Å². The fraction of sp³-hybridized carbons (Fsp3) is 0.227. The van der Waals surface area contributed by atoms with E-state index in [-0.39, 0.29) is 0 Å². The Morgan fingerprint density at radius 3 is 2.58 bits per heavy atom. The molecule has 2 nitrogen and oxygen atoms in total. The number of hydrogen-bond donors (Lipinski definition) is 0. The number of pyridine rings is 1. The van der Waals surface area contributed by atoms with Gasteiger partial charge in [-0.15, -0.1) is 0 Å². The molecule has 0 radical (unpaired) electrons. The third-order valence-corrected chi connectivity index (χ3v) is 3.95. The van der Waals surface area contributed by atoms with E-state index in [9.17, 15) is 0 Å². The zero-order chi connectivity index (χ0) is 18.5. The molecule has 0 saturated carbocycles. The van der Waals surface area contributed by atoms with Crippen molar-refractivity contribution in [3.05, 3.63) is 66.4 Å². The molecule has 0 fully saturated rings. The summed E-state index contributed by atoms with van der Waals surface area (Å²) < 4.78 is 22.9. The van der Waals surface area contributed by atoms with Crippen molar-refractivity contribution in [1.29, 1.82) is 0 Å². The van der Waals surface area contributed by atoms with E-state index in [1.807, 2.05) is 63.2 Å². The number of para-hydroxylation sites is 1. The minimum atomic E-state index is -1.45. The molecule has 4 aromatic rings. The topological polar surface area (TPSA) is 26.0 Å². The number of hydrogen-bond acceptors (Lipinski definition) is 2. The lowest BCUT2D eigenvalue weighted by molar-refractivity contribution is 0.411. The standard InChI is InChI=1S/C22H21NO/c1-22(2,3)14-15-10-11-23-19(12-15)16-8-9-21-18(13-16)17-6-4-5-7-20(17)24-21/h4-13H,14H2,1-3H3/i14D2. The van der Waals surface area contributed by atoms with Crippen molar-refractivity contribution in [2.24, 2.45) is 5.41 Å². The molecule has 2 heterocycles. The molecule has 2 heteroatoms. The van der Waals surface area contributed by atoms with Crippen molar-refractivity contribution >= 4 is 21.9 Å². The molecule has 2 aromatic heterocycles. The Bertz CT molecular complexity index is 1110. The van der Waals surface area contributed by atoms with Gasteiger partial charge in [0.15, 0.2) is 0 Å². The molecule has 0 N–H and O–H groups in total. The number of benzene rings is 2. The first-order valence-electron chi connectivity index (χ1n) is 9.15. The largest absolute Gasteiger partial charge is 0.456 e. The van der Waals surface area contributed by atoms with Gasteiger partial charge in [0.1, 0.15) is 11.2 Å². The van der Waals surface area contributed by atoms with Crippen LogP contribution in [0.4, 0.5) is 0 Å². The summed E-state index contributed by atoms with van der Waals surface area (Å²) in [6, 6.07) is 17.6. The maximum atomic E-state index is 8.52. The molecule has 24 heavy (non-hydrogen) atoms. The Morgan fingerprint density at radius 1 is 0.958 bits per heavy atom. The summed E-state index contributed by atoms with van der Waals surface area (Å²) in [5, 5.41) is 2.12. The Morgan fingerprint density at radius 2 is 1.75 bits per heavy atom. The van der Waals surface area contributed by atoms with E-state index in [0.717, 1.165) is 33.2 Å². The van der Waals surface area contributed by atoms with E-state index in [1.165, 1.54) is 0 Å². The normalized spacial score (nSPS) is 14.0.